The summed E-state index contributed by atoms with van der Waals surface area (Å²) in [5, 5.41) is 0. The standard InChI is InChI=1S/C10H13NO2/c1-7-6-8(11)2-3-9(7)10-12-4-5-13-10/h2-3,6,10H,4-5,11H2,1H3. The van der Waals surface area contributed by atoms with Crippen LogP contribution in [0, 0.1) is 6.92 Å². The first kappa shape index (κ1) is 8.53. The number of rotatable bonds is 1. The number of hydrogen-bond acceptors (Lipinski definition) is 3. The molecule has 0 atom stereocenters. The number of ether oxygens (including phenoxy) is 2. The highest BCUT2D eigenvalue weighted by molar-refractivity contribution is 5.44. The van der Waals surface area contributed by atoms with E-state index in [4.69, 9.17) is 15.2 Å². The van der Waals surface area contributed by atoms with Gasteiger partial charge in [0.05, 0.1) is 13.2 Å². The maximum absolute atomic E-state index is 5.64. The average Bonchev–Trinajstić information content (AvgIpc) is 2.56. The lowest BCUT2D eigenvalue weighted by Gasteiger charge is -2.12. The van der Waals surface area contributed by atoms with E-state index in [2.05, 4.69) is 0 Å². The highest BCUT2D eigenvalue weighted by Crippen LogP contribution is 2.26. The van der Waals surface area contributed by atoms with Gasteiger partial charge in [0.1, 0.15) is 0 Å². The molecular weight excluding hydrogens is 166 g/mol. The van der Waals surface area contributed by atoms with Crippen LogP contribution in [0.5, 0.6) is 0 Å². The number of nitrogens with two attached hydrogens (primary N) is 1. The molecule has 70 valence electrons. The Morgan fingerprint density at radius 1 is 1.31 bits per heavy atom. The first-order valence-corrected chi connectivity index (χ1v) is 4.36. The zero-order valence-corrected chi connectivity index (χ0v) is 7.62. The highest BCUT2D eigenvalue weighted by atomic mass is 16.7. The second-order valence-electron chi connectivity index (χ2n) is 3.19. The summed E-state index contributed by atoms with van der Waals surface area (Å²) >= 11 is 0. The molecule has 1 aromatic carbocycles. The van der Waals surface area contributed by atoms with E-state index in [-0.39, 0.29) is 6.29 Å². The van der Waals surface area contributed by atoms with Gasteiger partial charge in [-0.05, 0) is 24.6 Å². The Labute approximate surface area is 77.5 Å². The molecule has 1 heterocycles. The van der Waals surface area contributed by atoms with E-state index in [0.29, 0.717) is 13.2 Å². The van der Waals surface area contributed by atoms with E-state index in [9.17, 15) is 0 Å². The second kappa shape index (κ2) is 3.36. The number of benzene rings is 1. The van der Waals surface area contributed by atoms with Crippen molar-refractivity contribution >= 4 is 5.69 Å². The lowest BCUT2D eigenvalue weighted by molar-refractivity contribution is -0.0445. The first-order chi connectivity index (χ1) is 6.27. The topological polar surface area (TPSA) is 44.5 Å². The predicted octanol–water partition coefficient (Wildman–Crippen LogP) is 1.62. The largest absolute Gasteiger partial charge is 0.399 e. The zero-order valence-electron chi connectivity index (χ0n) is 7.62. The van der Waals surface area contributed by atoms with E-state index in [1.54, 1.807) is 0 Å². The normalized spacial score (nSPS) is 17.9. The van der Waals surface area contributed by atoms with Crippen LogP contribution in [0.4, 0.5) is 5.69 Å². The van der Waals surface area contributed by atoms with Crippen LogP contribution in [-0.4, -0.2) is 13.2 Å². The van der Waals surface area contributed by atoms with Crippen molar-refractivity contribution in [1.82, 2.24) is 0 Å². The van der Waals surface area contributed by atoms with Crippen LogP contribution in [0.2, 0.25) is 0 Å². The van der Waals surface area contributed by atoms with Crippen LogP contribution in [0.25, 0.3) is 0 Å². The van der Waals surface area contributed by atoms with Gasteiger partial charge in [-0.2, -0.15) is 0 Å². The fourth-order valence-corrected chi connectivity index (χ4v) is 1.50. The minimum absolute atomic E-state index is 0.194. The molecule has 13 heavy (non-hydrogen) atoms. The molecule has 1 saturated heterocycles. The number of aryl methyl sites for hydroxylation is 1. The van der Waals surface area contributed by atoms with Gasteiger partial charge in [-0.25, -0.2) is 0 Å². The minimum atomic E-state index is -0.194. The number of anilines is 1. The Morgan fingerprint density at radius 2 is 2.00 bits per heavy atom. The summed E-state index contributed by atoms with van der Waals surface area (Å²) in [7, 11) is 0. The Morgan fingerprint density at radius 3 is 2.62 bits per heavy atom. The first-order valence-electron chi connectivity index (χ1n) is 4.36. The van der Waals surface area contributed by atoms with E-state index in [1.165, 1.54) is 0 Å². The fourth-order valence-electron chi connectivity index (χ4n) is 1.50. The van der Waals surface area contributed by atoms with Crippen molar-refractivity contribution < 1.29 is 9.47 Å². The molecule has 1 aliphatic rings. The summed E-state index contributed by atoms with van der Waals surface area (Å²) in [6, 6.07) is 5.76. The quantitative estimate of drug-likeness (QED) is 0.666. The summed E-state index contributed by atoms with van der Waals surface area (Å²) < 4.78 is 10.8. The molecule has 0 radical (unpaired) electrons. The lowest BCUT2D eigenvalue weighted by atomic mass is 10.1. The van der Waals surface area contributed by atoms with Crippen molar-refractivity contribution in [2.75, 3.05) is 18.9 Å². The summed E-state index contributed by atoms with van der Waals surface area (Å²) in [6.07, 6.45) is -0.194. The van der Waals surface area contributed by atoms with Crippen molar-refractivity contribution in [3.63, 3.8) is 0 Å². The molecular formula is C10H13NO2. The maximum atomic E-state index is 5.64. The van der Waals surface area contributed by atoms with Crippen molar-refractivity contribution in [1.29, 1.82) is 0 Å². The van der Waals surface area contributed by atoms with Gasteiger partial charge in [-0.15, -0.1) is 0 Å². The second-order valence-corrected chi connectivity index (χ2v) is 3.19. The van der Waals surface area contributed by atoms with Gasteiger partial charge in [0.2, 0.25) is 0 Å². The molecule has 2 N–H and O–H groups in total. The number of nitrogen functional groups attached to an aromatic ring is 1. The van der Waals surface area contributed by atoms with Crippen LogP contribution in [-0.2, 0) is 9.47 Å². The molecule has 3 heteroatoms. The lowest BCUT2D eigenvalue weighted by Crippen LogP contribution is -2.01. The summed E-state index contributed by atoms with van der Waals surface area (Å²) in [5.74, 6) is 0. The average molecular weight is 179 g/mol. The Hall–Kier alpha value is -1.06. The van der Waals surface area contributed by atoms with Gasteiger partial charge in [0, 0.05) is 11.3 Å². The SMILES string of the molecule is Cc1cc(N)ccc1C1OCCO1. The van der Waals surface area contributed by atoms with Gasteiger partial charge in [-0.1, -0.05) is 6.07 Å². The van der Waals surface area contributed by atoms with Gasteiger partial charge < -0.3 is 15.2 Å². The van der Waals surface area contributed by atoms with Gasteiger partial charge in [0.25, 0.3) is 0 Å². The maximum Gasteiger partial charge on any atom is 0.184 e. The van der Waals surface area contributed by atoms with Crippen molar-refractivity contribution in [3.8, 4) is 0 Å². The van der Waals surface area contributed by atoms with E-state index < -0.39 is 0 Å². The highest BCUT2D eigenvalue weighted by Gasteiger charge is 2.19. The Balaban J connectivity index is 2.29. The molecule has 0 aromatic heterocycles. The summed E-state index contributed by atoms with van der Waals surface area (Å²) in [4.78, 5) is 0. The molecule has 3 nitrogen and oxygen atoms in total. The zero-order chi connectivity index (χ0) is 9.26. The summed E-state index contributed by atoms with van der Waals surface area (Å²) in [6.45, 7) is 3.36. The van der Waals surface area contributed by atoms with Crippen molar-refractivity contribution in [3.05, 3.63) is 29.3 Å². The predicted molar refractivity (Wildman–Crippen MR) is 50.2 cm³/mol. The van der Waals surface area contributed by atoms with E-state index in [0.717, 1.165) is 16.8 Å². The van der Waals surface area contributed by atoms with Gasteiger partial charge in [-0.3, -0.25) is 0 Å². The third-order valence-corrected chi connectivity index (χ3v) is 2.17. The molecule has 1 fully saturated rings. The molecule has 0 bridgehead atoms. The molecule has 1 aliphatic heterocycles. The third kappa shape index (κ3) is 1.66. The number of hydrogen-bond donors (Lipinski definition) is 1. The van der Waals surface area contributed by atoms with Gasteiger partial charge >= 0.3 is 0 Å². The molecule has 2 rings (SSSR count). The van der Waals surface area contributed by atoms with Crippen LogP contribution in [0.1, 0.15) is 17.4 Å². The Bertz CT molecular complexity index is 306. The molecule has 0 unspecified atom stereocenters. The monoisotopic (exact) mass is 179 g/mol. The van der Waals surface area contributed by atoms with Crippen LogP contribution < -0.4 is 5.73 Å². The fraction of sp³-hybridized carbons (Fsp3) is 0.400. The molecule has 0 aliphatic carbocycles. The Kier molecular flexibility index (Phi) is 2.20. The molecule has 0 spiro atoms. The van der Waals surface area contributed by atoms with Crippen LogP contribution >= 0.6 is 0 Å². The van der Waals surface area contributed by atoms with Crippen LogP contribution in [0.15, 0.2) is 18.2 Å². The van der Waals surface area contributed by atoms with Gasteiger partial charge in [0.15, 0.2) is 6.29 Å². The van der Waals surface area contributed by atoms with Crippen LogP contribution in [0.3, 0.4) is 0 Å². The van der Waals surface area contributed by atoms with Crippen molar-refractivity contribution in [2.24, 2.45) is 0 Å². The van der Waals surface area contributed by atoms with E-state index >= 15 is 0 Å². The molecule has 0 amide bonds. The molecule has 1 aromatic rings. The van der Waals surface area contributed by atoms with E-state index in [1.807, 2.05) is 25.1 Å². The third-order valence-electron chi connectivity index (χ3n) is 2.17. The smallest absolute Gasteiger partial charge is 0.184 e. The summed E-state index contributed by atoms with van der Waals surface area (Å²) in [5.41, 5.74) is 8.61. The molecule has 0 saturated carbocycles. The van der Waals surface area contributed by atoms with Crippen molar-refractivity contribution in [2.45, 2.75) is 13.2 Å². The minimum Gasteiger partial charge on any atom is -0.399 e.